The summed E-state index contributed by atoms with van der Waals surface area (Å²) in [5.41, 5.74) is 2.19. The number of hydrogen-bond donors (Lipinski definition) is 2. The van der Waals surface area contributed by atoms with Gasteiger partial charge < -0.3 is 10.6 Å². The zero-order chi connectivity index (χ0) is 22.9. The van der Waals surface area contributed by atoms with Crippen LogP contribution in [-0.2, 0) is 15.3 Å². The molecule has 0 saturated carbocycles. The molecular formula is C23H24Cl2N4O2S. The van der Waals surface area contributed by atoms with Gasteiger partial charge in [0.1, 0.15) is 0 Å². The van der Waals surface area contributed by atoms with Gasteiger partial charge >= 0.3 is 0 Å². The van der Waals surface area contributed by atoms with E-state index in [1.54, 1.807) is 36.0 Å². The molecule has 3 rings (SSSR count). The summed E-state index contributed by atoms with van der Waals surface area (Å²) in [6, 6.07) is 14.3. The fourth-order valence-electron chi connectivity index (χ4n) is 3.56. The number of anilines is 1. The van der Waals surface area contributed by atoms with Crippen molar-refractivity contribution in [1.82, 2.24) is 10.2 Å². The third kappa shape index (κ3) is 6.88. The van der Waals surface area contributed by atoms with E-state index in [4.69, 9.17) is 28.5 Å². The molecule has 0 radical (unpaired) electrons. The lowest BCUT2D eigenvalue weighted by atomic mass is 10.1. The minimum atomic E-state index is -0.371. The third-order valence-electron chi connectivity index (χ3n) is 5.17. The van der Waals surface area contributed by atoms with E-state index in [1.807, 2.05) is 23.1 Å². The lowest BCUT2D eigenvalue weighted by molar-refractivity contribution is -0.124. The molecule has 1 fully saturated rings. The maximum Gasteiger partial charge on any atom is 0.241 e. The van der Waals surface area contributed by atoms with Crippen molar-refractivity contribution in [3.63, 3.8) is 0 Å². The number of halogens is 2. The summed E-state index contributed by atoms with van der Waals surface area (Å²) in [7, 11) is 0. The average Bonchev–Trinajstić information content (AvgIpc) is 3.24. The standard InChI is InChI=1S/C23H24Cl2N4O2S/c24-18-7-8-20(19(25)12-18)28-23(31)21-6-3-10-29(21)14-22(30)27-9-11-32-15-17-5-2-1-4-16(17)13-26/h1-2,4-5,7-8,12,21H,3,6,9-11,14-15H2,(H,27,30)(H,28,31)/t21-/m1/s1. The summed E-state index contributed by atoms with van der Waals surface area (Å²) in [4.78, 5) is 27.0. The quantitative estimate of drug-likeness (QED) is 0.511. The van der Waals surface area contributed by atoms with Gasteiger partial charge in [-0.3, -0.25) is 14.5 Å². The minimum absolute atomic E-state index is 0.104. The molecule has 1 saturated heterocycles. The van der Waals surface area contributed by atoms with Crippen LogP contribution in [0.4, 0.5) is 5.69 Å². The van der Waals surface area contributed by atoms with Gasteiger partial charge in [0.05, 0.1) is 34.9 Å². The van der Waals surface area contributed by atoms with Gasteiger partial charge in [-0.2, -0.15) is 17.0 Å². The second-order valence-corrected chi connectivity index (χ2v) is 9.36. The van der Waals surface area contributed by atoms with Gasteiger partial charge in [0.25, 0.3) is 0 Å². The van der Waals surface area contributed by atoms with E-state index in [2.05, 4.69) is 16.7 Å². The molecule has 0 bridgehead atoms. The Kier molecular flexibility index (Phi) is 9.24. The zero-order valence-corrected chi connectivity index (χ0v) is 19.8. The summed E-state index contributed by atoms with van der Waals surface area (Å²) in [5, 5.41) is 15.8. The number of nitrogens with zero attached hydrogens (tertiary/aromatic N) is 2. The van der Waals surface area contributed by atoms with E-state index in [0.29, 0.717) is 40.8 Å². The Morgan fingerprint density at radius 3 is 2.81 bits per heavy atom. The van der Waals surface area contributed by atoms with E-state index >= 15 is 0 Å². The van der Waals surface area contributed by atoms with Gasteiger partial charge in [0.2, 0.25) is 11.8 Å². The van der Waals surface area contributed by atoms with Crippen molar-refractivity contribution in [3.05, 3.63) is 63.6 Å². The Balaban J connectivity index is 1.41. The Hall–Kier alpha value is -2.24. The largest absolute Gasteiger partial charge is 0.354 e. The van der Waals surface area contributed by atoms with Crippen molar-refractivity contribution in [1.29, 1.82) is 5.26 Å². The van der Waals surface area contributed by atoms with Crippen LogP contribution in [0.25, 0.3) is 0 Å². The van der Waals surface area contributed by atoms with Gasteiger partial charge in [-0.25, -0.2) is 0 Å². The summed E-state index contributed by atoms with van der Waals surface area (Å²) in [6.45, 7) is 1.40. The summed E-state index contributed by atoms with van der Waals surface area (Å²) in [6.07, 6.45) is 1.55. The van der Waals surface area contributed by atoms with Crippen LogP contribution in [0.1, 0.15) is 24.0 Å². The lowest BCUT2D eigenvalue weighted by Gasteiger charge is -2.23. The number of likely N-dealkylation sites (tertiary alicyclic amines) is 1. The number of nitrogens with one attached hydrogen (secondary N) is 2. The lowest BCUT2D eigenvalue weighted by Crippen LogP contribution is -2.45. The number of rotatable bonds is 9. The summed E-state index contributed by atoms with van der Waals surface area (Å²) >= 11 is 13.7. The highest BCUT2D eigenvalue weighted by atomic mass is 35.5. The minimum Gasteiger partial charge on any atom is -0.354 e. The second kappa shape index (κ2) is 12.1. The van der Waals surface area contributed by atoms with Crippen molar-refractivity contribution in [3.8, 4) is 6.07 Å². The van der Waals surface area contributed by atoms with E-state index in [-0.39, 0.29) is 24.4 Å². The van der Waals surface area contributed by atoms with Crippen molar-refractivity contribution < 1.29 is 9.59 Å². The van der Waals surface area contributed by atoms with Crippen LogP contribution in [0.15, 0.2) is 42.5 Å². The molecule has 2 amide bonds. The number of amides is 2. The van der Waals surface area contributed by atoms with Crippen LogP contribution in [0, 0.1) is 11.3 Å². The smallest absolute Gasteiger partial charge is 0.241 e. The highest BCUT2D eigenvalue weighted by Crippen LogP contribution is 2.27. The summed E-state index contributed by atoms with van der Waals surface area (Å²) in [5.74, 6) is 1.18. The zero-order valence-electron chi connectivity index (χ0n) is 17.4. The average molecular weight is 491 g/mol. The van der Waals surface area contributed by atoms with Gasteiger partial charge in [0, 0.05) is 23.1 Å². The fourth-order valence-corrected chi connectivity index (χ4v) is 4.88. The van der Waals surface area contributed by atoms with Crippen molar-refractivity contribution in [2.45, 2.75) is 24.6 Å². The van der Waals surface area contributed by atoms with Gasteiger partial charge in [-0.05, 0) is 49.2 Å². The van der Waals surface area contributed by atoms with Crippen molar-refractivity contribution in [2.75, 3.05) is 30.7 Å². The van der Waals surface area contributed by atoms with E-state index in [1.165, 1.54) is 0 Å². The first kappa shape index (κ1) is 24.4. The molecule has 1 heterocycles. The number of thioether (sulfide) groups is 1. The van der Waals surface area contributed by atoms with Gasteiger partial charge in [-0.1, -0.05) is 41.4 Å². The summed E-state index contributed by atoms with van der Waals surface area (Å²) < 4.78 is 0. The third-order valence-corrected chi connectivity index (χ3v) is 6.72. The van der Waals surface area contributed by atoms with E-state index < -0.39 is 0 Å². The molecule has 2 aromatic carbocycles. The highest BCUT2D eigenvalue weighted by Gasteiger charge is 2.32. The molecule has 0 aliphatic carbocycles. The maximum atomic E-state index is 12.7. The van der Waals surface area contributed by atoms with E-state index in [0.717, 1.165) is 23.5 Å². The van der Waals surface area contributed by atoms with Crippen LogP contribution in [0.5, 0.6) is 0 Å². The molecule has 1 aliphatic rings. The molecule has 1 aliphatic heterocycles. The van der Waals surface area contributed by atoms with E-state index in [9.17, 15) is 9.59 Å². The maximum absolute atomic E-state index is 12.7. The second-order valence-electron chi connectivity index (χ2n) is 7.41. The first-order valence-corrected chi connectivity index (χ1v) is 12.2. The molecule has 168 valence electrons. The Bertz CT molecular complexity index is 1010. The van der Waals surface area contributed by atoms with Gasteiger partial charge in [-0.15, -0.1) is 0 Å². The predicted octanol–water partition coefficient (Wildman–Crippen LogP) is 4.32. The van der Waals surface area contributed by atoms with Crippen molar-refractivity contribution in [2.24, 2.45) is 0 Å². The number of nitriles is 1. The first-order valence-electron chi connectivity index (χ1n) is 10.3. The Labute approximate surface area is 202 Å². The molecule has 0 spiro atoms. The van der Waals surface area contributed by atoms with Crippen molar-refractivity contribution >= 4 is 52.5 Å². The molecule has 1 atom stereocenters. The fraction of sp³-hybridized carbons (Fsp3) is 0.348. The highest BCUT2D eigenvalue weighted by molar-refractivity contribution is 7.98. The Morgan fingerprint density at radius 2 is 2.03 bits per heavy atom. The monoisotopic (exact) mass is 490 g/mol. The van der Waals surface area contributed by atoms with Crippen LogP contribution >= 0.6 is 35.0 Å². The normalized spacial score (nSPS) is 15.8. The van der Waals surface area contributed by atoms with Crippen LogP contribution < -0.4 is 10.6 Å². The molecule has 2 aromatic rings. The van der Waals surface area contributed by atoms with Gasteiger partial charge in [0.15, 0.2) is 0 Å². The molecule has 32 heavy (non-hydrogen) atoms. The van der Waals surface area contributed by atoms with Crippen LogP contribution in [-0.4, -0.2) is 48.1 Å². The molecule has 6 nitrogen and oxygen atoms in total. The molecule has 0 aromatic heterocycles. The van der Waals surface area contributed by atoms with Crippen LogP contribution in [0.2, 0.25) is 10.0 Å². The number of benzene rings is 2. The van der Waals surface area contributed by atoms with Crippen LogP contribution in [0.3, 0.4) is 0 Å². The first-order chi connectivity index (χ1) is 15.5. The molecule has 9 heteroatoms. The topological polar surface area (TPSA) is 85.2 Å². The SMILES string of the molecule is N#Cc1ccccc1CSCCNC(=O)CN1CCC[C@@H]1C(=O)Nc1ccc(Cl)cc1Cl. The Morgan fingerprint density at radius 1 is 1.22 bits per heavy atom. The number of carbonyl (C=O) groups is 2. The number of carbonyl (C=O) groups excluding carboxylic acids is 2. The molecular weight excluding hydrogens is 467 g/mol. The molecule has 2 N–H and O–H groups in total. The predicted molar refractivity (Wildman–Crippen MR) is 130 cm³/mol. The molecule has 0 unspecified atom stereocenters. The number of hydrogen-bond acceptors (Lipinski definition) is 5.